The number of amides is 1. The van der Waals surface area contributed by atoms with Crippen molar-refractivity contribution in [3.63, 3.8) is 0 Å². The van der Waals surface area contributed by atoms with Crippen LogP contribution in [0.1, 0.15) is 67.3 Å². The molecule has 1 N–H and O–H groups in total. The highest BCUT2D eigenvalue weighted by atomic mass is 35.5. The van der Waals surface area contributed by atoms with Gasteiger partial charge in [0.15, 0.2) is 5.69 Å². The van der Waals surface area contributed by atoms with Crippen LogP contribution in [0.2, 0.25) is 5.15 Å². The van der Waals surface area contributed by atoms with Crippen LogP contribution in [-0.4, -0.2) is 48.1 Å². The van der Waals surface area contributed by atoms with Gasteiger partial charge >= 0.3 is 6.18 Å². The largest absolute Gasteiger partial charge is 0.389 e. The van der Waals surface area contributed by atoms with Gasteiger partial charge in [0, 0.05) is 25.6 Å². The Morgan fingerprint density at radius 3 is 2.44 bits per heavy atom. The Morgan fingerprint density at radius 1 is 1.22 bits per heavy atom. The number of aryl methyl sites for hydroxylation is 2. The van der Waals surface area contributed by atoms with Crippen molar-refractivity contribution in [2.24, 2.45) is 5.92 Å². The number of carbonyl (C=O) groups excluding carboxylic acids is 1. The number of carbonyl (C=O) groups is 1. The van der Waals surface area contributed by atoms with Crippen molar-refractivity contribution >= 4 is 27.3 Å². The first-order chi connectivity index (χ1) is 16.8. The van der Waals surface area contributed by atoms with E-state index in [-0.39, 0.29) is 40.5 Å². The topological polar surface area (TPSA) is 81.1 Å². The Morgan fingerprint density at radius 2 is 1.89 bits per heavy atom. The van der Waals surface area contributed by atoms with E-state index in [2.05, 4.69) is 10.3 Å². The van der Waals surface area contributed by atoms with E-state index in [1.54, 1.807) is 6.92 Å². The maximum atomic E-state index is 14.9. The molecule has 0 saturated heterocycles. The number of nitrogens with zero attached hydrogens (tertiary/aromatic N) is 2. The number of imidazole rings is 1. The van der Waals surface area contributed by atoms with Crippen molar-refractivity contribution in [3.05, 3.63) is 46.3 Å². The van der Waals surface area contributed by atoms with E-state index in [4.69, 9.17) is 11.6 Å². The fourth-order valence-electron chi connectivity index (χ4n) is 4.54. The first kappa shape index (κ1) is 28.4. The normalized spacial score (nSPS) is 18.9. The lowest BCUT2D eigenvalue weighted by Gasteiger charge is -2.27. The highest BCUT2D eigenvalue weighted by Crippen LogP contribution is 2.29. The molecule has 1 heterocycles. The lowest BCUT2D eigenvalue weighted by molar-refractivity contribution is -0.135. The van der Waals surface area contributed by atoms with Crippen LogP contribution in [0.3, 0.4) is 0 Å². The predicted octanol–water partition coefficient (Wildman–Crippen LogP) is 5.45. The molecular formula is C24H30ClF4N3O3S. The number of sulfone groups is 1. The SMILES string of the molecule is CCc1nc(C(=O)NCC2CCC(S(C)(=O)=O)CC2)c(Cl)n1-c1ccc(CCCC(F)(F)F)cc1F. The molecule has 0 spiro atoms. The highest BCUT2D eigenvalue weighted by Gasteiger charge is 2.29. The summed E-state index contributed by atoms with van der Waals surface area (Å²) in [5.74, 6) is -0.686. The molecule has 2 aromatic rings. The van der Waals surface area contributed by atoms with Crippen LogP contribution < -0.4 is 5.32 Å². The number of benzene rings is 1. The molecule has 6 nitrogen and oxygen atoms in total. The van der Waals surface area contributed by atoms with Crippen LogP contribution in [0.5, 0.6) is 0 Å². The van der Waals surface area contributed by atoms with E-state index < -0.39 is 34.2 Å². The average Bonchev–Trinajstić information content (AvgIpc) is 3.12. The van der Waals surface area contributed by atoms with E-state index in [0.29, 0.717) is 50.0 Å². The molecule has 1 aromatic heterocycles. The van der Waals surface area contributed by atoms with E-state index in [9.17, 15) is 30.8 Å². The quantitative estimate of drug-likeness (QED) is 0.421. The third kappa shape index (κ3) is 7.21. The van der Waals surface area contributed by atoms with Gasteiger partial charge in [-0.3, -0.25) is 9.36 Å². The monoisotopic (exact) mass is 551 g/mol. The van der Waals surface area contributed by atoms with Gasteiger partial charge in [-0.25, -0.2) is 17.8 Å². The smallest absolute Gasteiger partial charge is 0.350 e. The van der Waals surface area contributed by atoms with Crippen molar-refractivity contribution in [3.8, 4) is 5.69 Å². The molecule has 3 rings (SSSR count). The second-order valence-electron chi connectivity index (χ2n) is 9.29. The summed E-state index contributed by atoms with van der Waals surface area (Å²) in [4.78, 5) is 17.1. The number of hydrogen-bond acceptors (Lipinski definition) is 4. The maximum absolute atomic E-state index is 14.9. The van der Waals surface area contributed by atoms with E-state index in [1.807, 2.05) is 0 Å². The lowest BCUT2D eigenvalue weighted by atomic mass is 9.89. The van der Waals surface area contributed by atoms with Crippen molar-refractivity contribution < 1.29 is 30.8 Å². The zero-order valence-electron chi connectivity index (χ0n) is 20.2. The minimum Gasteiger partial charge on any atom is -0.350 e. The van der Waals surface area contributed by atoms with E-state index in [1.165, 1.54) is 29.0 Å². The Balaban J connectivity index is 1.69. The van der Waals surface area contributed by atoms with Crippen molar-refractivity contribution in [1.82, 2.24) is 14.9 Å². The van der Waals surface area contributed by atoms with Crippen LogP contribution in [0.15, 0.2) is 18.2 Å². The zero-order chi connectivity index (χ0) is 26.7. The third-order valence-corrected chi connectivity index (χ3v) is 8.58. The van der Waals surface area contributed by atoms with Crippen molar-refractivity contribution in [1.29, 1.82) is 0 Å². The molecule has 0 bridgehead atoms. The fraction of sp³-hybridized carbons (Fsp3) is 0.583. The van der Waals surface area contributed by atoms with Crippen molar-refractivity contribution in [2.75, 3.05) is 12.8 Å². The second-order valence-corrected chi connectivity index (χ2v) is 12.0. The van der Waals surface area contributed by atoms with E-state index >= 15 is 0 Å². The molecule has 36 heavy (non-hydrogen) atoms. The van der Waals surface area contributed by atoms with Gasteiger partial charge in [-0.2, -0.15) is 13.2 Å². The second kappa shape index (κ2) is 11.5. The molecule has 1 fully saturated rings. The summed E-state index contributed by atoms with van der Waals surface area (Å²) in [5, 5.41) is 2.40. The summed E-state index contributed by atoms with van der Waals surface area (Å²) in [6.07, 6.45) is -1.19. The molecule has 1 aliphatic carbocycles. The van der Waals surface area contributed by atoms with Crippen molar-refractivity contribution in [2.45, 2.75) is 69.7 Å². The van der Waals surface area contributed by atoms with Crippen LogP contribution in [0.25, 0.3) is 5.69 Å². The molecule has 0 radical (unpaired) electrons. The Labute approximate surface area is 213 Å². The van der Waals surface area contributed by atoms with Crippen LogP contribution in [-0.2, 0) is 22.7 Å². The summed E-state index contributed by atoms with van der Waals surface area (Å²) >= 11 is 6.46. The number of alkyl halides is 3. The molecule has 1 aliphatic rings. The van der Waals surface area contributed by atoms with Gasteiger partial charge in [-0.15, -0.1) is 0 Å². The third-order valence-electron chi connectivity index (χ3n) is 6.55. The average molecular weight is 552 g/mol. The van der Waals surface area contributed by atoms with Gasteiger partial charge in [0.25, 0.3) is 5.91 Å². The van der Waals surface area contributed by atoms with Gasteiger partial charge in [0.05, 0.1) is 10.9 Å². The Kier molecular flexibility index (Phi) is 9.08. The Hall–Kier alpha value is -2.14. The summed E-state index contributed by atoms with van der Waals surface area (Å²) < 4.78 is 76.9. The highest BCUT2D eigenvalue weighted by molar-refractivity contribution is 7.91. The summed E-state index contributed by atoms with van der Waals surface area (Å²) in [6.45, 7) is 2.13. The van der Waals surface area contributed by atoms with Crippen LogP contribution in [0, 0.1) is 11.7 Å². The van der Waals surface area contributed by atoms with E-state index in [0.717, 1.165) is 0 Å². The van der Waals surface area contributed by atoms with Gasteiger partial charge < -0.3 is 5.32 Å². The summed E-state index contributed by atoms with van der Waals surface area (Å²) in [5.41, 5.74) is 0.437. The molecule has 1 amide bonds. The number of halogens is 5. The molecular weight excluding hydrogens is 522 g/mol. The van der Waals surface area contributed by atoms with Crippen LogP contribution in [0.4, 0.5) is 17.6 Å². The van der Waals surface area contributed by atoms with Gasteiger partial charge in [0.2, 0.25) is 0 Å². The molecule has 200 valence electrons. The number of nitrogens with one attached hydrogen (secondary N) is 1. The molecule has 1 saturated carbocycles. The number of rotatable bonds is 9. The molecule has 0 atom stereocenters. The number of aromatic nitrogens is 2. The Bertz CT molecular complexity index is 1190. The maximum Gasteiger partial charge on any atom is 0.389 e. The first-order valence-corrected chi connectivity index (χ1v) is 14.2. The minimum atomic E-state index is -4.26. The molecule has 12 heteroatoms. The molecule has 0 aliphatic heterocycles. The standard InChI is InChI=1S/C24H30ClF4N3O3S/c1-3-20-31-21(23(33)30-14-16-6-9-17(10-7-16)36(2,34)35)22(25)32(20)19-11-8-15(13-18(19)26)5-4-12-24(27,28)29/h8,11,13,16-17H,3-7,9-10,12,14H2,1-2H3,(H,30,33). The summed E-state index contributed by atoms with van der Waals surface area (Å²) in [6, 6.07) is 4.14. The number of hydrogen-bond donors (Lipinski definition) is 1. The van der Waals surface area contributed by atoms with Gasteiger partial charge in [-0.05, 0) is 62.1 Å². The lowest BCUT2D eigenvalue weighted by Crippen LogP contribution is -2.34. The summed E-state index contributed by atoms with van der Waals surface area (Å²) in [7, 11) is -3.07. The minimum absolute atomic E-state index is 0.0491. The molecule has 0 unspecified atom stereocenters. The molecule has 1 aromatic carbocycles. The predicted molar refractivity (Wildman–Crippen MR) is 130 cm³/mol. The fourth-order valence-corrected chi connectivity index (χ4v) is 5.98. The first-order valence-electron chi connectivity index (χ1n) is 11.9. The van der Waals surface area contributed by atoms with Gasteiger partial charge in [0.1, 0.15) is 26.6 Å². The van der Waals surface area contributed by atoms with Crippen LogP contribution >= 0.6 is 11.6 Å². The van der Waals surface area contributed by atoms with Gasteiger partial charge in [-0.1, -0.05) is 24.6 Å². The zero-order valence-corrected chi connectivity index (χ0v) is 21.7.